The Morgan fingerprint density at radius 3 is 2.67 bits per heavy atom. The topological polar surface area (TPSA) is 30.2 Å². The maximum absolute atomic E-state index is 11.8. The molecule has 1 aromatic carbocycles. The number of benzene rings is 1. The van der Waals surface area contributed by atoms with Crippen molar-refractivity contribution in [1.82, 2.24) is 0 Å². The molecule has 0 amide bonds. The van der Waals surface area contributed by atoms with Crippen molar-refractivity contribution in [3.63, 3.8) is 0 Å². The lowest BCUT2D eigenvalue weighted by molar-refractivity contribution is -0.126. The van der Waals surface area contributed by atoms with Crippen LogP contribution in [0.25, 0.3) is 11.0 Å². The molecule has 1 heterocycles. The van der Waals surface area contributed by atoms with Crippen molar-refractivity contribution in [3.8, 4) is 0 Å². The number of carbonyl (C=O) groups excluding carboxylic acids is 1. The third-order valence-corrected chi connectivity index (χ3v) is 3.20. The third-order valence-electron chi connectivity index (χ3n) is 2.96. The van der Waals surface area contributed by atoms with Crippen LogP contribution in [0.15, 0.2) is 28.7 Å². The van der Waals surface area contributed by atoms with Gasteiger partial charge in [-0.1, -0.05) is 32.4 Å². The highest BCUT2D eigenvalue weighted by molar-refractivity contribution is 6.31. The molecular weight excluding hydrogens is 248 g/mol. The van der Waals surface area contributed by atoms with E-state index in [4.69, 9.17) is 16.0 Å². The first kappa shape index (κ1) is 13.2. The van der Waals surface area contributed by atoms with Gasteiger partial charge in [-0.3, -0.25) is 4.79 Å². The lowest BCUT2D eigenvalue weighted by Gasteiger charge is -2.15. The number of carbonyl (C=O) groups is 1. The Labute approximate surface area is 112 Å². The van der Waals surface area contributed by atoms with Crippen molar-refractivity contribution in [3.05, 3.63) is 35.0 Å². The number of hydrogen-bond donors (Lipinski definition) is 0. The molecule has 0 bridgehead atoms. The van der Waals surface area contributed by atoms with E-state index in [1.807, 2.05) is 39.0 Å². The van der Waals surface area contributed by atoms with E-state index in [9.17, 15) is 4.79 Å². The first-order valence-corrected chi connectivity index (χ1v) is 6.45. The summed E-state index contributed by atoms with van der Waals surface area (Å²) in [5.74, 6) is 1.09. The lowest BCUT2D eigenvalue weighted by atomic mass is 9.88. The van der Waals surface area contributed by atoms with Gasteiger partial charge in [0.1, 0.15) is 17.1 Å². The smallest absolute Gasteiger partial charge is 0.138 e. The summed E-state index contributed by atoms with van der Waals surface area (Å²) < 4.78 is 5.68. The molecule has 0 unspecified atom stereocenters. The molecule has 0 fully saturated rings. The average molecular weight is 265 g/mol. The van der Waals surface area contributed by atoms with Gasteiger partial charge in [-0.15, -0.1) is 0 Å². The minimum absolute atomic E-state index is 0.251. The molecule has 0 saturated heterocycles. The number of furan rings is 1. The Morgan fingerprint density at radius 2 is 2.00 bits per heavy atom. The number of hydrogen-bond acceptors (Lipinski definition) is 2. The zero-order valence-electron chi connectivity index (χ0n) is 10.9. The maximum Gasteiger partial charge on any atom is 0.138 e. The molecule has 0 aliphatic rings. The minimum Gasteiger partial charge on any atom is -0.461 e. The summed E-state index contributed by atoms with van der Waals surface area (Å²) in [6.45, 7) is 5.81. The van der Waals surface area contributed by atoms with Gasteiger partial charge < -0.3 is 4.42 Å². The van der Waals surface area contributed by atoms with Crippen molar-refractivity contribution in [2.45, 2.75) is 33.6 Å². The highest BCUT2D eigenvalue weighted by atomic mass is 35.5. The molecular formula is C15H17ClO2. The van der Waals surface area contributed by atoms with E-state index in [1.54, 1.807) is 6.07 Å². The largest absolute Gasteiger partial charge is 0.461 e. The summed E-state index contributed by atoms with van der Waals surface area (Å²) in [5, 5.41) is 1.68. The predicted octanol–water partition coefficient (Wildman–Crippen LogP) is 4.63. The number of Topliss-reactive ketones (excluding diaryl/α,β-unsaturated/α-hetero) is 1. The fourth-order valence-corrected chi connectivity index (χ4v) is 1.98. The van der Waals surface area contributed by atoms with E-state index in [1.165, 1.54) is 0 Å². The summed E-state index contributed by atoms with van der Waals surface area (Å²) >= 11 is 5.92. The molecule has 0 aliphatic heterocycles. The molecule has 2 nitrogen and oxygen atoms in total. The number of halogens is 1. The molecule has 3 heteroatoms. The summed E-state index contributed by atoms with van der Waals surface area (Å²) in [7, 11) is 0. The minimum atomic E-state index is -0.282. The van der Waals surface area contributed by atoms with Crippen LogP contribution in [0.2, 0.25) is 5.02 Å². The van der Waals surface area contributed by atoms with E-state index in [0.29, 0.717) is 17.9 Å². The van der Waals surface area contributed by atoms with Crippen LogP contribution in [-0.4, -0.2) is 5.78 Å². The van der Waals surface area contributed by atoms with Gasteiger partial charge in [-0.25, -0.2) is 0 Å². The molecule has 2 aromatic rings. The average Bonchev–Trinajstić information content (AvgIpc) is 2.66. The highest BCUT2D eigenvalue weighted by Gasteiger charge is 2.21. The molecule has 0 aliphatic carbocycles. The van der Waals surface area contributed by atoms with Gasteiger partial charge in [0.2, 0.25) is 0 Å². The Bertz CT molecular complexity index is 576. The monoisotopic (exact) mass is 264 g/mol. The van der Waals surface area contributed by atoms with Crippen molar-refractivity contribution < 1.29 is 9.21 Å². The van der Waals surface area contributed by atoms with E-state index >= 15 is 0 Å². The van der Waals surface area contributed by atoms with Gasteiger partial charge in [-0.05, 0) is 24.3 Å². The van der Waals surface area contributed by atoms with E-state index in [-0.39, 0.29) is 11.2 Å². The zero-order valence-corrected chi connectivity index (χ0v) is 11.7. The summed E-state index contributed by atoms with van der Waals surface area (Å²) in [5.41, 5.74) is 0.535. The SMILES string of the molecule is CC(C)(C)C(=O)CCc1cc2cc(Cl)ccc2o1. The highest BCUT2D eigenvalue weighted by Crippen LogP contribution is 2.25. The first-order chi connectivity index (χ1) is 8.36. The number of fused-ring (bicyclic) bond motifs is 1. The second-order valence-electron chi connectivity index (χ2n) is 5.57. The fourth-order valence-electron chi connectivity index (χ4n) is 1.80. The van der Waals surface area contributed by atoms with E-state index in [2.05, 4.69) is 0 Å². The fraction of sp³-hybridized carbons (Fsp3) is 0.400. The van der Waals surface area contributed by atoms with E-state index < -0.39 is 0 Å². The van der Waals surface area contributed by atoms with Gasteiger partial charge in [0.15, 0.2) is 0 Å². The van der Waals surface area contributed by atoms with Gasteiger partial charge >= 0.3 is 0 Å². The standard InChI is InChI=1S/C15H17ClO2/c1-15(2,3)14(17)7-5-12-9-10-8-11(16)4-6-13(10)18-12/h4,6,8-9H,5,7H2,1-3H3. The second-order valence-corrected chi connectivity index (χ2v) is 6.00. The van der Waals surface area contributed by atoms with Crippen molar-refractivity contribution in [2.24, 2.45) is 5.41 Å². The number of ketones is 1. The number of aryl methyl sites for hydroxylation is 1. The molecule has 0 N–H and O–H groups in total. The van der Waals surface area contributed by atoms with Crippen LogP contribution >= 0.6 is 11.6 Å². The van der Waals surface area contributed by atoms with E-state index in [0.717, 1.165) is 16.7 Å². The Morgan fingerprint density at radius 1 is 1.28 bits per heavy atom. The van der Waals surface area contributed by atoms with Crippen LogP contribution in [0, 0.1) is 5.41 Å². The van der Waals surface area contributed by atoms with Crippen molar-refractivity contribution in [1.29, 1.82) is 0 Å². The van der Waals surface area contributed by atoms with Crippen LogP contribution in [0.3, 0.4) is 0 Å². The molecule has 0 radical (unpaired) electrons. The van der Waals surface area contributed by atoms with Gasteiger partial charge in [-0.2, -0.15) is 0 Å². The van der Waals surface area contributed by atoms with Crippen LogP contribution < -0.4 is 0 Å². The molecule has 0 atom stereocenters. The van der Waals surface area contributed by atoms with Crippen molar-refractivity contribution in [2.75, 3.05) is 0 Å². The van der Waals surface area contributed by atoms with Crippen LogP contribution in [-0.2, 0) is 11.2 Å². The molecule has 1 aromatic heterocycles. The lowest BCUT2D eigenvalue weighted by Crippen LogP contribution is -2.20. The Kier molecular flexibility index (Phi) is 3.49. The first-order valence-electron chi connectivity index (χ1n) is 6.07. The van der Waals surface area contributed by atoms with Gasteiger partial charge in [0, 0.05) is 28.7 Å². The third kappa shape index (κ3) is 2.94. The molecule has 0 spiro atoms. The van der Waals surface area contributed by atoms with Crippen LogP contribution in [0.5, 0.6) is 0 Å². The quantitative estimate of drug-likeness (QED) is 0.809. The van der Waals surface area contributed by atoms with Gasteiger partial charge in [0.05, 0.1) is 0 Å². The van der Waals surface area contributed by atoms with Gasteiger partial charge in [0.25, 0.3) is 0 Å². The summed E-state index contributed by atoms with van der Waals surface area (Å²) in [6.07, 6.45) is 1.15. The van der Waals surface area contributed by atoms with Crippen LogP contribution in [0.4, 0.5) is 0 Å². The normalized spacial score (nSPS) is 12.0. The molecule has 0 saturated carbocycles. The summed E-state index contributed by atoms with van der Waals surface area (Å²) in [4.78, 5) is 11.8. The molecule has 96 valence electrons. The predicted molar refractivity (Wildman–Crippen MR) is 74.0 cm³/mol. The maximum atomic E-state index is 11.8. The van der Waals surface area contributed by atoms with Crippen LogP contribution in [0.1, 0.15) is 33.0 Å². The van der Waals surface area contributed by atoms with Crippen molar-refractivity contribution >= 4 is 28.4 Å². The summed E-state index contributed by atoms with van der Waals surface area (Å²) in [6, 6.07) is 7.48. The second kappa shape index (κ2) is 4.77. The Hall–Kier alpha value is -1.28. The molecule has 2 rings (SSSR count). The molecule has 18 heavy (non-hydrogen) atoms. The zero-order chi connectivity index (χ0) is 13.3. The Balaban J connectivity index is 2.11. The number of rotatable bonds is 3.